The Hall–Kier alpha value is -4.54. The average molecular weight is 522 g/mol. The lowest BCUT2D eigenvalue weighted by Gasteiger charge is -2.37. The van der Waals surface area contributed by atoms with Gasteiger partial charge in [0.15, 0.2) is 5.82 Å². The van der Waals surface area contributed by atoms with Gasteiger partial charge in [0.25, 0.3) is 5.91 Å². The van der Waals surface area contributed by atoms with Gasteiger partial charge in [-0.15, -0.1) is 5.10 Å². The van der Waals surface area contributed by atoms with E-state index in [0.717, 1.165) is 55.4 Å². The number of rotatable bonds is 5. The third-order valence-electron chi connectivity index (χ3n) is 7.56. The number of hydrogen-bond acceptors (Lipinski definition) is 9. The number of carbonyl (C=O) groups is 1. The van der Waals surface area contributed by atoms with Gasteiger partial charge in [-0.1, -0.05) is 12.1 Å². The highest BCUT2D eigenvalue weighted by Gasteiger charge is 2.27. The highest BCUT2D eigenvalue weighted by molar-refractivity contribution is 5.95. The number of aryl methyl sites for hydroxylation is 2. The summed E-state index contributed by atoms with van der Waals surface area (Å²) in [7, 11) is 0. The van der Waals surface area contributed by atoms with E-state index in [0.29, 0.717) is 48.7 Å². The molecule has 2 aliphatic heterocycles. The molecule has 39 heavy (non-hydrogen) atoms. The third-order valence-corrected chi connectivity index (χ3v) is 7.56. The van der Waals surface area contributed by atoms with Gasteiger partial charge in [0.05, 0.1) is 34.3 Å². The number of nitriles is 2. The molecular formula is C29H31N9O. The lowest BCUT2D eigenvalue weighted by atomic mass is 10.1. The third kappa shape index (κ3) is 5.52. The number of hydrogen-bond donors (Lipinski definition) is 0. The first kappa shape index (κ1) is 26.1. The summed E-state index contributed by atoms with van der Waals surface area (Å²) >= 11 is 0. The Labute approximate surface area is 228 Å². The van der Waals surface area contributed by atoms with Crippen LogP contribution in [0, 0.1) is 36.5 Å². The minimum absolute atomic E-state index is 0.0153. The minimum Gasteiger partial charge on any atom is -0.368 e. The van der Waals surface area contributed by atoms with Crippen molar-refractivity contribution in [2.45, 2.75) is 20.4 Å². The molecule has 10 nitrogen and oxygen atoms in total. The smallest absolute Gasteiger partial charge is 0.255 e. The molecule has 0 spiro atoms. The van der Waals surface area contributed by atoms with Gasteiger partial charge in [0.2, 0.25) is 0 Å². The van der Waals surface area contributed by atoms with Crippen molar-refractivity contribution in [1.82, 2.24) is 25.0 Å². The summed E-state index contributed by atoms with van der Waals surface area (Å²) in [4.78, 5) is 26.8. The van der Waals surface area contributed by atoms with E-state index in [-0.39, 0.29) is 5.91 Å². The Morgan fingerprint density at radius 1 is 0.872 bits per heavy atom. The maximum atomic E-state index is 13.5. The Balaban J connectivity index is 1.23. The number of aromatic nitrogens is 3. The fourth-order valence-electron chi connectivity index (χ4n) is 5.31. The highest BCUT2D eigenvalue weighted by Crippen LogP contribution is 2.23. The Kier molecular flexibility index (Phi) is 7.67. The quantitative estimate of drug-likeness (QED) is 0.499. The van der Waals surface area contributed by atoms with E-state index in [9.17, 15) is 15.3 Å². The molecule has 0 unspecified atom stereocenters. The SMILES string of the molecule is Cc1nc(C)c(C(=O)N2CCN(c3nnccc3C#N)CC2)cc1CN1CCN(c2ccccc2C#N)CC1. The number of benzene rings is 1. The van der Waals surface area contributed by atoms with Crippen molar-refractivity contribution < 1.29 is 4.79 Å². The molecule has 5 rings (SSSR count). The summed E-state index contributed by atoms with van der Waals surface area (Å²) < 4.78 is 0. The highest BCUT2D eigenvalue weighted by atomic mass is 16.2. The predicted molar refractivity (Wildman–Crippen MR) is 147 cm³/mol. The molecule has 0 aliphatic carbocycles. The van der Waals surface area contributed by atoms with Crippen molar-refractivity contribution in [3.05, 3.63) is 76.2 Å². The second-order valence-corrected chi connectivity index (χ2v) is 9.92. The van der Waals surface area contributed by atoms with Crippen LogP contribution in [0.2, 0.25) is 0 Å². The summed E-state index contributed by atoms with van der Waals surface area (Å²) in [6.07, 6.45) is 1.51. The predicted octanol–water partition coefficient (Wildman–Crippen LogP) is 2.52. The Morgan fingerprint density at radius 2 is 1.56 bits per heavy atom. The van der Waals surface area contributed by atoms with E-state index in [1.54, 1.807) is 6.07 Å². The van der Waals surface area contributed by atoms with Crippen LogP contribution in [0.15, 0.2) is 42.6 Å². The number of para-hydroxylation sites is 1. The van der Waals surface area contributed by atoms with Crippen molar-refractivity contribution in [1.29, 1.82) is 10.5 Å². The van der Waals surface area contributed by atoms with Crippen molar-refractivity contribution in [2.75, 3.05) is 62.2 Å². The van der Waals surface area contributed by atoms with Gasteiger partial charge in [-0.3, -0.25) is 14.7 Å². The summed E-state index contributed by atoms with van der Waals surface area (Å²) in [5, 5.41) is 26.9. The fraction of sp³-hybridized carbons (Fsp3) is 0.379. The molecule has 1 amide bonds. The van der Waals surface area contributed by atoms with Gasteiger partial charge in [0.1, 0.15) is 12.1 Å². The summed E-state index contributed by atoms with van der Waals surface area (Å²) in [6, 6.07) is 15.9. The van der Waals surface area contributed by atoms with E-state index in [4.69, 9.17) is 4.98 Å². The van der Waals surface area contributed by atoms with Crippen LogP contribution in [-0.2, 0) is 6.54 Å². The Bertz CT molecular complexity index is 1440. The summed E-state index contributed by atoms with van der Waals surface area (Å²) in [5.41, 5.74) is 5.57. The van der Waals surface area contributed by atoms with Crippen LogP contribution in [0.3, 0.4) is 0 Å². The number of amides is 1. The first-order valence-corrected chi connectivity index (χ1v) is 13.2. The number of nitrogens with zero attached hydrogens (tertiary/aromatic N) is 9. The number of piperazine rings is 2. The first-order chi connectivity index (χ1) is 19.0. The molecule has 10 heteroatoms. The van der Waals surface area contributed by atoms with Crippen LogP contribution < -0.4 is 9.80 Å². The average Bonchev–Trinajstić information content (AvgIpc) is 2.98. The Morgan fingerprint density at radius 3 is 2.28 bits per heavy atom. The molecule has 2 aromatic heterocycles. The molecule has 2 saturated heterocycles. The second kappa shape index (κ2) is 11.5. The van der Waals surface area contributed by atoms with E-state index < -0.39 is 0 Å². The minimum atomic E-state index is -0.0153. The zero-order chi connectivity index (χ0) is 27.4. The number of carbonyl (C=O) groups excluding carboxylic acids is 1. The molecule has 2 aliphatic rings. The largest absolute Gasteiger partial charge is 0.368 e. The monoisotopic (exact) mass is 521 g/mol. The van der Waals surface area contributed by atoms with Gasteiger partial charge in [-0.2, -0.15) is 15.6 Å². The standard InChI is InChI=1S/C29H31N9O/c1-21-25(20-35-9-11-36(12-10-35)27-6-4-3-5-23(27)18-30)17-26(22(2)33-21)29(39)38-15-13-37(14-16-38)28-24(19-31)7-8-32-34-28/h3-8,17H,9-16,20H2,1-2H3. The van der Waals surface area contributed by atoms with Crippen LogP contribution in [-0.4, -0.2) is 83.2 Å². The zero-order valence-electron chi connectivity index (χ0n) is 22.3. The lowest BCUT2D eigenvalue weighted by molar-refractivity contribution is 0.0745. The molecule has 3 aromatic rings. The maximum Gasteiger partial charge on any atom is 0.255 e. The molecular weight excluding hydrogens is 490 g/mol. The molecule has 0 saturated carbocycles. The van der Waals surface area contributed by atoms with Crippen LogP contribution >= 0.6 is 0 Å². The summed E-state index contributed by atoms with van der Waals surface area (Å²) in [6.45, 7) is 10.3. The summed E-state index contributed by atoms with van der Waals surface area (Å²) in [5.74, 6) is 0.553. The van der Waals surface area contributed by atoms with Gasteiger partial charge in [0, 0.05) is 64.6 Å². The van der Waals surface area contributed by atoms with Crippen molar-refractivity contribution >= 4 is 17.4 Å². The molecule has 198 valence electrons. The van der Waals surface area contributed by atoms with Crippen molar-refractivity contribution in [3.8, 4) is 12.1 Å². The molecule has 0 atom stereocenters. The second-order valence-electron chi connectivity index (χ2n) is 9.92. The molecule has 2 fully saturated rings. The van der Waals surface area contributed by atoms with Gasteiger partial charge in [-0.25, -0.2) is 0 Å². The van der Waals surface area contributed by atoms with Crippen molar-refractivity contribution in [3.63, 3.8) is 0 Å². The molecule has 1 aromatic carbocycles. The topological polar surface area (TPSA) is 116 Å². The number of anilines is 2. The molecule has 4 heterocycles. The van der Waals surface area contributed by atoms with Crippen LogP contribution in [0.1, 0.15) is 38.4 Å². The lowest BCUT2D eigenvalue weighted by Crippen LogP contribution is -2.49. The van der Waals surface area contributed by atoms with Gasteiger partial charge < -0.3 is 14.7 Å². The van der Waals surface area contributed by atoms with Crippen molar-refractivity contribution in [2.24, 2.45) is 0 Å². The fourth-order valence-corrected chi connectivity index (χ4v) is 5.31. The zero-order valence-corrected chi connectivity index (χ0v) is 22.3. The van der Waals surface area contributed by atoms with Crippen LogP contribution in [0.25, 0.3) is 0 Å². The number of pyridine rings is 1. The molecule has 0 N–H and O–H groups in total. The molecule has 0 bridgehead atoms. The van der Waals surface area contributed by atoms with E-state index in [2.05, 4.69) is 32.1 Å². The van der Waals surface area contributed by atoms with Crippen LogP contribution in [0.4, 0.5) is 11.5 Å². The normalized spacial score (nSPS) is 16.1. The molecule has 0 radical (unpaired) electrons. The van der Waals surface area contributed by atoms with Gasteiger partial charge in [-0.05, 0) is 43.7 Å². The van der Waals surface area contributed by atoms with Gasteiger partial charge >= 0.3 is 0 Å². The van der Waals surface area contributed by atoms with E-state index in [1.165, 1.54) is 6.20 Å². The van der Waals surface area contributed by atoms with E-state index in [1.807, 2.05) is 54.0 Å². The van der Waals surface area contributed by atoms with Crippen LogP contribution in [0.5, 0.6) is 0 Å². The maximum absolute atomic E-state index is 13.5. The van der Waals surface area contributed by atoms with E-state index >= 15 is 0 Å². The first-order valence-electron chi connectivity index (χ1n) is 13.2.